The molecule has 0 aromatic heterocycles. The molecule has 8 nitrogen and oxygen atoms in total. The molecule has 0 aliphatic heterocycles. The fourth-order valence-corrected chi connectivity index (χ4v) is 2.23. The van der Waals surface area contributed by atoms with Gasteiger partial charge >= 0.3 is 5.97 Å². The maximum atomic E-state index is 11.0. The van der Waals surface area contributed by atoms with Gasteiger partial charge in [-0.25, -0.2) is 4.79 Å². The summed E-state index contributed by atoms with van der Waals surface area (Å²) in [5, 5.41) is 22.2. The van der Waals surface area contributed by atoms with E-state index in [9.17, 15) is 14.9 Å². The average Bonchev–Trinajstić information content (AvgIpc) is 2.69. The number of benzene rings is 2. The number of esters is 1. The number of nitrogens with one attached hydrogen (secondary N) is 1. The average molecular weight is 368 g/mol. The molecule has 1 N–H and O–H groups in total. The number of carbonyl (C=O) groups excluding carboxylic acids is 1. The summed E-state index contributed by atoms with van der Waals surface area (Å²) in [5.74, 6) is -0.451. The van der Waals surface area contributed by atoms with Crippen molar-refractivity contribution in [3.8, 4) is 0 Å². The number of anilines is 1. The van der Waals surface area contributed by atoms with E-state index in [2.05, 4.69) is 22.1 Å². The van der Waals surface area contributed by atoms with Crippen LogP contribution in [-0.2, 0) is 16.0 Å². The SMILES string of the molecule is C=CC(=O)OCCNc1ccc(N=Nc2ccc([N+](=O)[O-])cc2)c(CC)c1. The van der Waals surface area contributed by atoms with Crippen molar-refractivity contribution < 1.29 is 14.5 Å². The zero-order chi connectivity index (χ0) is 19.6. The number of carbonyl (C=O) groups is 1. The van der Waals surface area contributed by atoms with Crippen molar-refractivity contribution in [2.75, 3.05) is 18.5 Å². The largest absolute Gasteiger partial charge is 0.461 e. The summed E-state index contributed by atoms with van der Waals surface area (Å²) in [6, 6.07) is 11.5. The van der Waals surface area contributed by atoms with Gasteiger partial charge in [0.25, 0.3) is 5.69 Å². The number of nitro groups is 1. The van der Waals surface area contributed by atoms with Crippen LogP contribution < -0.4 is 5.32 Å². The summed E-state index contributed by atoms with van der Waals surface area (Å²) in [5.41, 5.74) is 3.15. The van der Waals surface area contributed by atoms with Crippen LogP contribution in [0.3, 0.4) is 0 Å². The minimum Gasteiger partial charge on any atom is -0.461 e. The molecule has 0 atom stereocenters. The van der Waals surface area contributed by atoms with Crippen LogP contribution in [0.2, 0.25) is 0 Å². The van der Waals surface area contributed by atoms with E-state index in [0.717, 1.165) is 29.4 Å². The predicted octanol–water partition coefficient (Wildman–Crippen LogP) is 4.71. The lowest BCUT2D eigenvalue weighted by atomic mass is 10.1. The molecular weight excluding hydrogens is 348 g/mol. The molecule has 2 aromatic carbocycles. The molecule has 0 heterocycles. The third-order valence-electron chi connectivity index (χ3n) is 3.64. The summed E-state index contributed by atoms with van der Waals surface area (Å²) in [7, 11) is 0. The van der Waals surface area contributed by atoms with Gasteiger partial charge in [-0.3, -0.25) is 10.1 Å². The molecule has 0 saturated carbocycles. The first kappa shape index (κ1) is 19.8. The summed E-state index contributed by atoms with van der Waals surface area (Å²) in [4.78, 5) is 21.2. The normalized spacial score (nSPS) is 10.6. The summed E-state index contributed by atoms with van der Waals surface area (Å²) >= 11 is 0. The number of non-ortho nitro benzene ring substituents is 1. The van der Waals surface area contributed by atoms with Crippen molar-refractivity contribution in [2.24, 2.45) is 10.2 Å². The van der Waals surface area contributed by atoms with E-state index >= 15 is 0 Å². The Balaban J connectivity index is 2.01. The van der Waals surface area contributed by atoms with Gasteiger partial charge in [-0.1, -0.05) is 13.5 Å². The molecule has 0 unspecified atom stereocenters. The molecule has 0 aliphatic carbocycles. The minimum atomic E-state index is -0.458. The zero-order valence-electron chi connectivity index (χ0n) is 14.9. The Hall–Kier alpha value is -3.55. The molecule has 0 amide bonds. The van der Waals surface area contributed by atoms with Gasteiger partial charge in [0.1, 0.15) is 6.61 Å². The molecule has 27 heavy (non-hydrogen) atoms. The smallest absolute Gasteiger partial charge is 0.330 e. The molecule has 0 saturated heterocycles. The summed E-state index contributed by atoms with van der Waals surface area (Å²) in [6.07, 6.45) is 1.88. The third-order valence-corrected chi connectivity index (χ3v) is 3.64. The Kier molecular flexibility index (Phi) is 7.18. The highest BCUT2D eigenvalue weighted by atomic mass is 16.6. The van der Waals surface area contributed by atoms with Gasteiger partial charge in [-0.05, 0) is 42.3 Å². The van der Waals surface area contributed by atoms with Crippen LogP contribution in [0.1, 0.15) is 12.5 Å². The van der Waals surface area contributed by atoms with Crippen molar-refractivity contribution in [1.82, 2.24) is 0 Å². The van der Waals surface area contributed by atoms with Crippen LogP contribution in [0, 0.1) is 10.1 Å². The number of ether oxygens (including phenoxy) is 1. The van der Waals surface area contributed by atoms with Crippen molar-refractivity contribution in [2.45, 2.75) is 13.3 Å². The van der Waals surface area contributed by atoms with Gasteiger partial charge in [0.15, 0.2) is 0 Å². The monoisotopic (exact) mass is 368 g/mol. The topological polar surface area (TPSA) is 106 Å². The lowest BCUT2D eigenvalue weighted by Crippen LogP contribution is -2.12. The summed E-state index contributed by atoms with van der Waals surface area (Å²) < 4.78 is 4.91. The maximum absolute atomic E-state index is 11.0. The molecule has 8 heteroatoms. The van der Waals surface area contributed by atoms with E-state index in [4.69, 9.17) is 4.74 Å². The lowest BCUT2D eigenvalue weighted by molar-refractivity contribution is -0.384. The standard InChI is InChI=1S/C19H20N4O4/c1-3-14-13-16(20-11-12-27-19(24)4-2)7-10-18(14)22-21-15-5-8-17(9-6-15)23(25)26/h4-10,13,20H,2-3,11-12H2,1H3. The minimum absolute atomic E-state index is 0.0115. The van der Waals surface area contributed by atoms with Crippen molar-refractivity contribution in [3.05, 3.63) is 70.8 Å². The van der Waals surface area contributed by atoms with Gasteiger partial charge in [-0.15, -0.1) is 0 Å². The predicted molar refractivity (Wildman–Crippen MR) is 103 cm³/mol. The van der Waals surface area contributed by atoms with Crippen LogP contribution in [0.5, 0.6) is 0 Å². The molecule has 0 spiro atoms. The molecule has 140 valence electrons. The lowest BCUT2D eigenvalue weighted by Gasteiger charge is -2.09. The second-order valence-corrected chi connectivity index (χ2v) is 5.47. The van der Waals surface area contributed by atoms with E-state index < -0.39 is 10.9 Å². The Morgan fingerprint density at radius 3 is 2.63 bits per heavy atom. The highest BCUT2D eigenvalue weighted by Crippen LogP contribution is 2.26. The van der Waals surface area contributed by atoms with Crippen molar-refractivity contribution >= 4 is 28.7 Å². The molecule has 0 fully saturated rings. The maximum Gasteiger partial charge on any atom is 0.330 e. The van der Waals surface area contributed by atoms with Gasteiger partial charge in [-0.2, -0.15) is 10.2 Å². The molecule has 0 radical (unpaired) electrons. The third kappa shape index (κ3) is 6.03. The quantitative estimate of drug-likeness (QED) is 0.172. The highest BCUT2D eigenvalue weighted by molar-refractivity contribution is 5.81. The first-order valence-corrected chi connectivity index (χ1v) is 8.35. The van der Waals surface area contributed by atoms with E-state index in [1.54, 1.807) is 12.1 Å². The van der Waals surface area contributed by atoms with Gasteiger partial charge in [0, 0.05) is 30.4 Å². The Labute approximate surface area is 156 Å². The summed E-state index contributed by atoms with van der Waals surface area (Å²) in [6.45, 7) is 6.07. The van der Waals surface area contributed by atoms with E-state index in [1.165, 1.54) is 12.1 Å². The number of hydrogen-bond donors (Lipinski definition) is 1. The van der Waals surface area contributed by atoms with Gasteiger partial charge in [0.2, 0.25) is 0 Å². The number of hydrogen-bond acceptors (Lipinski definition) is 7. The number of nitrogens with zero attached hydrogens (tertiary/aromatic N) is 3. The number of azo groups is 1. The Morgan fingerprint density at radius 2 is 2.00 bits per heavy atom. The molecule has 2 rings (SSSR count). The number of aryl methyl sites for hydroxylation is 1. The van der Waals surface area contributed by atoms with Crippen molar-refractivity contribution in [3.63, 3.8) is 0 Å². The molecular formula is C19H20N4O4. The molecule has 2 aromatic rings. The highest BCUT2D eigenvalue weighted by Gasteiger charge is 2.05. The Morgan fingerprint density at radius 1 is 1.26 bits per heavy atom. The number of rotatable bonds is 9. The molecule has 0 bridgehead atoms. The zero-order valence-corrected chi connectivity index (χ0v) is 14.9. The first-order valence-electron chi connectivity index (χ1n) is 8.35. The number of nitro benzene ring substituents is 1. The van der Waals surface area contributed by atoms with Gasteiger partial charge < -0.3 is 10.1 Å². The first-order chi connectivity index (χ1) is 13.0. The fourth-order valence-electron chi connectivity index (χ4n) is 2.23. The Bertz CT molecular complexity index is 847. The van der Waals surface area contributed by atoms with Crippen LogP contribution in [-0.4, -0.2) is 24.0 Å². The van der Waals surface area contributed by atoms with Crippen LogP contribution >= 0.6 is 0 Å². The second-order valence-electron chi connectivity index (χ2n) is 5.47. The molecule has 0 aliphatic rings. The van der Waals surface area contributed by atoms with Crippen molar-refractivity contribution in [1.29, 1.82) is 0 Å². The van der Waals surface area contributed by atoms with Crippen LogP contribution in [0.4, 0.5) is 22.7 Å². The van der Waals surface area contributed by atoms with E-state index in [-0.39, 0.29) is 12.3 Å². The van der Waals surface area contributed by atoms with E-state index in [0.29, 0.717) is 12.2 Å². The van der Waals surface area contributed by atoms with Crippen LogP contribution in [0.25, 0.3) is 0 Å². The van der Waals surface area contributed by atoms with E-state index in [1.807, 2.05) is 25.1 Å². The van der Waals surface area contributed by atoms with Crippen LogP contribution in [0.15, 0.2) is 65.3 Å². The second kappa shape index (κ2) is 9.81. The van der Waals surface area contributed by atoms with Gasteiger partial charge in [0.05, 0.1) is 16.3 Å². The fraction of sp³-hybridized carbons (Fsp3) is 0.211.